The molecule has 0 fully saturated rings. The summed E-state index contributed by atoms with van der Waals surface area (Å²) in [6, 6.07) is 0.189. The highest BCUT2D eigenvalue weighted by molar-refractivity contribution is 5.25. The van der Waals surface area contributed by atoms with Gasteiger partial charge in [0, 0.05) is 19.3 Å². The summed E-state index contributed by atoms with van der Waals surface area (Å²) in [5.41, 5.74) is 0. The van der Waals surface area contributed by atoms with Crippen molar-refractivity contribution in [2.75, 3.05) is 6.54 Å². The maximum absolute atomic E-state index is 10.7. The third kappa shape index (κ3) is 4.78. The lowest BCUT2D eigenvalue weighted by molar-refractivity contribution is -0.562. The molecule has 0 atom stereocenters. The van der Waals surface area contributed by atoms with E-state index >= 15 is 0 Å². The van der Waals surface area contributed by atoms with Crippen LogP contribution in [-0.2, 0) is 4.79 Å². The van der Waals surface area contributed by atoms with Gasteiger partial charge in [0.05, 0.1) is 0 Å². The van der Waals surface area contributed by atoms with Crippen molar-refractivity contribution in [1.29, 1.82) is 0 Å². The van der Waals surface area contributed by atoms with Crippen LogP contribution in [0.15, 0.2) is 25.3 Å². The summed E-state index contributed by atoms with van der Waals surface area (Å²) in [7, 11) is 0. The Morgan fingerprint density at radius 3 is 2.29 bits per heavy atom. The van der Waals surface area contributed by atoms with Gasteiger partial charge < -0.3 is 0 Å². The Balaban J connectivity index is 4.33. The van der Waals surface area contributed by atoms with Crippen molar-refractivity contribution >= 4 is 6.08 Å². The molecule has 0 aliphatic carbocycles. The molecular weight excluding hydrogens is 174 g/mol. The first kappa shape index (κ1) is 12.9. The summed E-state index contributed by atoms with van der Waals surface area (Å²) in [5, 5.41) is 0. The SMILES string of the molecule is C=CCC(CC=C)[N+](=C=O)CCCC. The third-order valence-corrected chi connectivity index (χ3v) is 2.19. The van der Waals surface area contributed by atoms with Crippen LogP contribution in [-0.4, -0.2) is 23.2 Å². The Labute approximate surface area is 86.6 Å². The second-order valence-corrected chi connectivity index (χ2v) is 3.34. The van der Waals surface area contributed by atoms with E-state index in [2.05, 4.69) is 20.1 Å². The molecule has 0 N–H and O–H groups in total. The molecule has 0 heterocycles. The van der Waals surface area contributed by atoms with Crippen LogP contribution >= 0.6 is 0 Å². The van der Waals surface area contributed by atoms with Crippen LogP contribution in [0.3, 0.4) is 0 Å². The first-order valence-electron chi connectivity index (χ1n) is 5.16. The number of isocyanates is 1. The van der Waals surface area contributed by atoms with E-state index in [1.165, 1.54) is 0 Å². The molecule has 0 saturated carbocycles. The summed E-state index contributed by atoms with van der Waals surface area (Å²) < 4.78 is 1.73. The molecule has 0 aliphatic heterocycles. The molecule has 0 aromatic carbocycles. The first-order chi connectivity index (χ1) is 6.79. The van der Waals surface area contributed by atoms with E-state index in [0.29, 0.717) is 0 Å². The Kier molecular flexibility index (Phi) is 7.77. The minimum absolute atomic E-state index is 0.189. The molecule has 0 saturated heterocycles. The molecule has 0 aromatic heterocycles. The molecule has 2 heteroatoms. The zero-order chi connectivity index (χ0) is 10.8. The zero-order valence-corrected chi connectivity index (χ0v) is 9.04. The van der Waals surface area contributed by atoms with Crippen LogP contribution in [0.1, 0.15) is 32.6 Å². The minimum Gasteiger partial charge on any atom is -0.159 e. The summed E-state index contributed by atoms with van der Waals surface area (Å²) in [5.74, 6) is 0. The van der Waals surface area contributed by atoms with E-state index in [-0.39, 0.29) is 6.04 Å². The standard InChI is InChI=1S/C12H20NO/c1-4-7-10-13(11-14)12(8-5-2)9-6-3/h5-6,12H,2-4,7-10H2,1H3/q+1. The predicted octanol–water partition coefficient (Wildman–Crippen LogP) is 2.66. The average molecular weight is 194 g/mol. The molecule has 0 spiro atoms. The van der Waals surface area contributed by atoms with E-state index in [1.807, 2.05) is 18.2 Å². The summed E-state index contributed by atoms with van der Waals surface area (Å²) in [6.07, 6.45) is 9.41. The summed E-state index contributed by atoms with van der Waals surface area (Å²) in [6.45, 7) is 10.3. The molecule has 2 nitrogen and oxygen atoms in total. The summed E-state index contributed by atoms with van der Waals surface area (Å²) in [4.78, 5) is 10.7. The molecule has 0 rings (SSSR count). The van der Waals surface area contributed by atoms with Gasteiger partial charge in [0.2, 0.25) is 0 Å². The monoisotopic (exact) mass is 194 g/mol. The van der Waals surface area contributed by atoms with Gasteiger partial charge in [-0.2, -0.15) is 9.37 Å². The fourth-order valence-electron chi connectivity index (χ4n) is 1.37. The van der Waals surface area contributed by atoms with Crippen molar-refractivity contribution in [3.8, 4) is 0 Å². The van der Waals surface area contributed by atoms with Gasteiger partial charge in [0.15, 0.2) is 12.6 Å². The highest BCUT2D eigenvalue weighted by atomic mass is 16.1. The average Bonchev–Trinajstić information content (AvgIpc) is 2.19. The van der Waals surface area contributed by atoms with Gasteiger partial charge in [-0.05, 0) is 0 Å². The number of hydrogen-bond acceptors (Lipinski definition) is 1. The molecule has 0 amide bonds. The van der Waals surface area contributed by atoms with Crippen LogP contribution in [0, 0.1) is 0 Å². The molecule has 0 bridgehead atoms. The van der Waals surface area contributed by atoms with E-state index < -0.39 is 0 Å². The Bertz CT molecular complexity index is 216. The Hall–Kier alpha value is -1.14. The molecule has 14 heavy (non-hydrogen) atoms. The Morgan fingerprint density at radius 1 is 1.36 bits per heavy atom. The number of hydrogen-bond donors (Lipinski definition) is 0. The largest absolute Gasteiger partial charge is 0.424 e. The predicted molar refractivity (Wildman–Crippen MR) is 59.1 cm³/mol. The number of unbranched alkanes of at least 4 members (excludes halogenated alkanes) is 1. The molecule has 78 valence electrons. The van der Waals surface area contributed by atoms with Gasteiger partial charge in [0.25, 0.3) is 0 Å². The fourth-order valence-corrected chi connectivity index (χ4v) is 1.37. The normalized spacial score (nSPS) is 9.57. The number of carbonyl (C=O) groups excluding carboxylic acids is 1. The molecule has 0 aliphatic rings. The van der Waals surface area contributed by atoms with Gasteiger partial charge in [-0.15, -0.1) is 13.2 Å². The van der Waals surface area contributed by atoms with Gasteiger partial charge in [-0.25, -0.2) is 0 Å². The number of rotatable bonds is 8. The number of nitrogens with zero attached hydrogens (tertiary/aromatic N) is 1. The van der Waals surface area contributed by atoms with Crippen LogP contribution in [0.2, 0.25) is 0 Å². The van der Waals surface area contributed by atoms with E-state index in [1.54, 1.807) is 4.58 Å². The van der Waals surface area contributed by atoms with Crippen molar-refractivity contribution < 1.29 is 9.37 Å². The van der Waals surface area contributed by atoms with Crippen molar-refractivity contribution in [2.24, 2.45) is 0 Å². The fraction of sp³-hybridized carbons (Fsp3) is 0.583. The topological polar surface area (TPSA) is 20.1 Å². The highest BCUT2D eigenvalue weighted by Gasteiger charge is 2.18. The highest BCUT2D eigenvalue weighted by Crippen LogP contribution is 2.05. The van der Waals surface area contributed by atoms with Crippen LogP contribution in [0.25, 0.3) is 0 Å². The second kappa shape index (κ2) is 8.46. The van der Waals surface area contributed by atoms with Crippen molar-refractivity contribution in [1.82, 2.24) is 0 Å². The second-order valence-electron chi connectivity index (χ2n) is 3.34. The van der Waals surface area contributed by atoms with Gasteiger partial charge in [-0.1, -0.05) is 25.5 Å². The lowest BCUT2D eigenvalue weighted by atomic mass is 10.1. The maximum Gasteiger partial charge on any atom is 0.424 e. The first-order valence-corrected chi connectivity index (χ1v) is 5.16. The smallest absolute Gasteiger partial charge is 0.159 e. The van der Waals surface area contributed by atoms with E-state index in [0.717, 1.165) is 32.2 Å². The molecular formula is C12H20NO+. The summed E-state index contributed by atoms with van der Waals surface area (Å²) >= 11 is 0. The van der Waals surface area contributed by atoms with Gasteiger partial charge in [-0.3, -0.25) is 0 Å². The molecule has 0 aromatic rings. The van der Waals surface area contributed by atoms with Gasteiger partial charge in [0.1, 0.15) is 0 Å². The Morgan fingerprint density at radius 2 is 1.93 bits per heavy atom. The van der Waals surface area contributed by atoms with Crippen LogP contribution in [0.5, 0.6) is 0 Å². The van der Waals surface area contributed by atoms with Gasteiger partial charge >= 0.3 is 6.08 Å². The molecule has 0 unspecified atom stereocenters. The van der Waals surface area contributed by atoms with E-state index in [4.69, 9.17) is 0 Å². The zero-order valence-electron chi connectivity index (χ0n) is 9.04. The lowest BCUT2D eigenvalue weighted by Crippen LogP contribution is -2.26. The van der Waals surface area contributed by atoms with Crippen LogP contribution in [0.4, 0.5) is 0 Å². The third-order valence-electron chi connectivity index (χ3n) is 2.19. The van der Waals surface area contributed by atoms with Crippen molar-refractivity contribution in [3.63, 3.8) is 0 Å². The van der Waals surface area contributed by atoms with Crippen molar-refractivity contribution in [2.45, 2.75) is 38.6 Å². The van der Waals surface area contributed by atoms with Crippen LogP contribution < -0.4 is 0 Å². The lowest BCUT2D eigenvalue weighted by Gasteiger charge is -2.08. The maximum atomic E-state index is 10.7. The van der Waals surface area contributed by atoms with Crippen molar-refractivity contribution in [3.05, 3.63) is 25.3 Å². The molecule has 0 radical (unpaired) electrons. The minimum atomic E-state index is 0.189. The van der Waals surface area contributed by atoms with E-state index in [9.17, 15) is 4.79 Å². The quantitative estimate of drug-likeness (QED) is 0.252.